The van der Waals surface area contributed by atoms with Crippen LogP contribution in [0.15, 0.2) is 29.6 Å². The van der Waals surface area contributed by atoms with Gasteiger partial charge in [0.1, 0.15) is 5.82 Å². The summed E-state index contributed by atoms with van der Waals surface area (Å²) in [4.78, 5) is 30.2. The van der Waals surface area contributed by atoms with Crippen molar-refractivity contribution in [3.8, 4) is 0 Å². The molecule has 1 fully saturated rings. The largest absolute Gasteiger partial charge is 0.367 e. The lowest BCUT2D eigenvalue weighted by Gasteiger charge is -2.35. The van der Waals surface area contributed by atoms with E-state index < -0.39 is 0 Å². The molecule has 160 valence electrons. The van der Waals surface area contributed by atoms with Crippen LogP contribution in [0.3, 0.4) is 0 Å². The van der Waals surface area contributed by atoms with Crippen LogP contribution in [0.25, 0.3) is 0 Å². The zero-order valence-electron chi connectivity index (χ0n) is 17.3. The Bertz CT molecular complexity index is 929. The normalized spacial score (nSPS) is 18.8. The minimum Gasteiger partial charge on any atom is -0.367 e. The molecule has 4 rings (SSSR count). The number of fused-ring (bicyclic) bond motifs is 1. The minimum atomic E-state index is -0.228. The molecule has 3 heterocycles. The average molecular weight is 430 g/mol. The first-order valence-electron chi connectivity index (χ1n) is 10.6. The second-order valence-corrected chi connectivity index (χ2v) is 9.24. The summed E-state index contributed by atoms with van der Waals surface area (Å²) in [6.07, 6.45) is 3.10. The average Bonchev–Trinajstić information content (AvgIpc) is 3.22. The third-order valence-corrected chi connectivity index (χ3v) is 6.98. The summed E-state index contributed by atoms with van der Waals surface area (Å²) in [5, 5.41) is 5.12. The van der Waals surface area contributed by atoms with Gasteiger partial charge in [0.05, 0.1) is 5.69 Å². The molecular weight excluding hydrogens is 401 g/mol. The van der Waals surface area contributed by atoms with E-state index in [1.807, 2.05) is 22.8 Å². The van der Waals surface area contributed by atoms with Crippen molar-refractivity contribution in [3.63, 3.8) is 0 Å². The number of hydrogen-bond donors (Lipinski definition) is 1. The van der Waals surface area contributed by atoms with Crippen molar-refractivity contribution in [1.82, 2.24) is 10.2 Å². The van der Waals surface area contributed by atoms with Gasteiger partial charge in [0, 0.05) is 49.9 Å². The molecule has 1 N–H and O–H groups in total. The SMILES string of the molecule is Cc1ccc(F)c(N2CCCC(NC(=O)CCC(=O)N3CCc4sccc4C3)C2)c1. The highest BCUT2D eigenvalue weighted by Gasteiger charge is 2.25. The molecule has 0 radical (unpaired) electrons. The van der Waals surface area contributed by atoms with Gasteiger partial charge >= 0.3 is 0 Å². The highest BCUT2D eigenvalue weighted by atomic mass is 32.1. The number of amides is 2. The Morgan fingerprint density at radius 1 is 1.23 bits per heavy atom. The van der Waals surface area contributed by atoms with Crippen molar-refractivity contribution in [2.75, 3.05) is 24.5 Å². The van der Waals surface area contributed by atoms with E-state index in [0.29, 0.717) is 18.8 Å². The van der Waals surface area contributed by atoms with Gasteiger partial charge in [-0.3, -0.25) is 9.59 Å². The molecule has 1 aromatic carbocycles. The number of carbonyl (C=O) groups is 2. The van der Waals surface area contributed by atoms with Crippen LogP contribution in [-0.4, -0.2) is 42.4 Å². The van der Waals surface area contributed by atoms with Crippen molar-refractivity contribution in [1.29, 1.82) is 0 Å². The highest BCUT2D eigenvalue weighted by Crippen LogP contribution is 2.25. The van der Waals surface area contributed by atoms with Gasteiger partial charge < -0.3 is 15.1 Å². The second kappa shape index (κ2) is 9.16. The van der Waals surface area contributed by atoms with E-state index in [1.165, 1.54) is 16.5 Å². The molecule has 5 nitrogen and oxygen atoms in total. The zero-order chi connectivity index (χ0) is 21.1. The number of piperidine rings is 1. The number of aryl methyl sites for hydroxylation is 1. The van der Waals surface area contributed by atoms with Gasteiger partial charge in [-0.25, -0.2) is 4.39 Å². The van der Waals surface area contributed by atoms with Crippen LogP contribution in [-0.2, 0) is 22.6 Å². The quantitative estimate of drug-likeness (QED) is 0.790. The Morgan fingerprint density at radius 2 is 2.10 bits per heavy atom. The van der Waals surface area contributed by atoms with Crippen molar-refractivity contribution in [2.24, 2.45) is 0 Å². The summed E-state index contributed by atoms with van der Waals surface area (Å²) in [6, 6.07) is 7.18. The smallest absolute Gasteiger partial charge is 0.223 e. The van der Waals surface area contributed by atoms with Gasteiger partial charge in [-0.1, -0.05) is 6.07 Å². The lowest BCUT2D eigenvalue weighted by molar-refractivity contribution is -0.134. The molecular formula is C23H28FN3O2S. The van der Waals surface area contributed by atoms with Crippen LogP contribution in [0.2, 0.25) is 0 Å². The van der Waals surface area contributed by atoms with Gasteiger partial charge in [-0.2, -0.15) is 0 Å². The van der Waals surface area contributed by atoms with E-state index in [4.69, 9.17) is 0 Å². The van der Waals surface area contributed by atoms with Crippen LogP contribution >= 0.6 is 11.3 Å². The number of rotatable bonds is 5. The van der Waals surface area contributed by atoms with E-state index in [9.17, 15) is 14.0 Å². The summed E-state index contributed by atoms with van der Waals surface area (Å²) in [7, 11) is 0. The molecule has 2 aliphatic rings. The Kier molecular flexibility index (Phi) is 6.37. The fourth-order valence-corrected chi connectivity index (χ4v) is 5.21. The van der Waals surface area contributed by atoms with Crippen LogP contribution in [0.4, 0.5) is 10.1 Å². The number of halogens is 1. The van der Waals surface area contributed by atoms with Crippen LogP contribution in [0, 0.1) is 12.7 Å². The molecule has 7 heteroatoms. The first-order valence-corrected chi connectivity index (χ1v) is 11.5. The maximum absolute atomic E-state index is 14.2. The summed E-state index contributed by atoms with van der Waals surface area (Å²) < 4.78 is 14.2. The molecule has 1 unspecified atom stereocenters. The van der Waals surface area contributed by atoms with E-state index in [2.05, 4.69) is 16.8 Å². The zero-order valence-corrected chi connectivity index (χ0v) is 18.1. The lowest BCUT2D eigenvalue weighted by atomic mass is 10.0. The molecule has 0 aliphatic carbocycles. The Labute approximate surface area is 180 Å². The van der Waals surface area contributed by atoms with Crippen molar-refractivity contribution < 1.29 is 14.0 Å². The molecule has 0 saturated carbocycles. The van der Waals surface area contributed by atoms with E-state index in [1.54, 1.807) is 17.4 Å². The van der Waals surface area contributed by atoms with Gasteiger partial charge in [-0.15, -0.1) is 11.3 Å². The molecule has 0 bridgehead atoms. The van der Waals surface area contributed by atoms with E-state index in [0.717, 1.165) is 37.9 Å². The van der Waals surface area contributed by atoms with E-state index >= 15 is 0 Å². The topological polar surface area (TPSA) is 52.7 Å². The fraction of sp³-hybridized carbons (Fsp3) is 0.478. The third kappa shape index (κ3) is 4.83. The fourth-order valence-electron chi connectivity index (χ4n) is 4.32. The summed E-state index contributed by atoms with van der Waals surface area (Å²) >= 11 is 1.75. The first-order chi connectivity index (χ1) is 14.5. The number of nitrogens with one attached hydrogen (secondary N) is 1. The molecule has 2 amide bonds. The molecule has 1 saturated heterocycles. The number of anilines is 1. The van der Waals surface area contributed by atoms with Gasteiger partial charge in [0.2, 0.25) is 11.8 Å². The molecule has 2 aliphatic heterocycles. The third-order valence-electron chi connectivity index (χ3n) is 5.96. The van der Waals surface area contributed by atoms with Crippen LogP contribution < -0.4 is 10.2 Å². The van der Waals surface area contributed by atoms with Gasteiger partial charge in [0.15, 0.2) is 0 Å². The molecule has 1 aromatic heterocycles. The Hall–Kier alpha value is -2.41. The van der Waals surface area contributed by atoms with Crippen molar-refractivity contribution in [2.45, 2.75) is 51.6 Å². The number of thiophene rings is 1. The highest BCUT2D eigenvalue weighted by molar-refractivity contribution is 7.10. The molecule has 30 heavy (non-hydrogen) atoms. The van der Waals surface area contributed by atoms with Crippen molar-refractivity contribution in [3.05, 3.63) is 51.5 Å². The van der Waals surface area contributed by atoms with Crippen LogP contribution in [0.5, 0.6) is 0 Å². The van der Waals surface area contributed by atoms with Crippen LogP contribution in [0.1, 0.15) is 41.7 Å². The monoisotopic (exact) mass is 429 g/mol. The molecule has 1 atom stereocenters. The maximum Gasteiger partial charge on any atom is 0.223 e. The predicted molar refractivity (Wildman–Crippen MR) is 117 cm³/mol. The summed E-state index contributed by atoms with van der Waals surface area (Å²) in [5.74, 6) is -0.296. The van der Waals surface area contributed by atoms with E-state index in [-0.39, 0.29) is 36.5 Å². The lowest BCUT2D eigenvalue weighted by Crippen LogP contribution is -2.48. The standard InChI is InChI=1S/C23H28FN3O2S/c1-16-4-5-19(24)20(13-16)26-10-2-3-18(15-26)25-22(28)6-7-23(29)27-11-8-21-17(14-27)9-12-30-21/h4-5,9,12-13,18H,2-3,6-8,10-11,14-15H2,1H3,(H,25,28). The summed E-state index contributed by atoms with van der Waals surface area (Å²) in [6.45, 7) is 4.70. The minimum absolute atomic E-state index is 0.0235. The molecule has 0 spiro atoms. The number of carbonyl (C=O) groups excluding carboxylic acids is 2. The maximum atomic E-state index is 14.2. The first kappa shape index (κ1) is 20.8. The van der Waals surface area contributed by atoms with Gasteiger partial charge in [0.25, 0.3) is 0 Å². The number of benzene rings is 1. The number of hydrogen-bond acceptors (Lipinski definition) is 4. The molecule has 2 aromatic rings. The van der Waals surface area contributed by atoms with Crippen molar-refractivity contribution >= 4 is 28.8 Å². The summed E-state index contributed by atoms with van der Waals surface area (Å²) in [5.41, 5.74) is 2.85. The van der Waals surface area contributed by atoms with Gasteiger partial charge in [-0.05, 0) is 60.9 Å². The Morgan fingerprint density at radius 3 is 2.97 bits per heavy atom. The second-order valence-electron chi connectivity index (χ2n) is 8.24. The number of nitrogens with zero attached hydrogens (tertiary/aromatic N) is 2. The Balaban J connectivity index is 1.26. The predicted octanol–water partition coefficient (Wildman–Crippen LogP) is 3.65.